The van der Waals surface area contributed by atoms with Crippen molar-refractivity contribution in [1.29, 1.82) is 0 Å². The summed E-state index contributed by atoms with van der Waals surface area (Å²) in [4.78, 5) is 4.33. The van der Waals surface area contributed by atoms with Crippen LogP contribution in [0.3, 0.4) is 0 Å². The largest absolute Gasteiger partial charge is 0.265 e. The number of hydrogen-bond acceptors (Lipinski definition) is 1. The molecule has 0 N–H and O–H groups in total. The molecule has 1 aliphatic heterocycles. The van der Waals surface area contributed by atoms with Gasteiger partial charge in [-0.1, -0.05) is 26.0 Å². The minimum Gasteiger partial charge on any atom is -0.265 e. The van der Waals surface area contributed by atoms with E-state index in [9.17, 15) is 0 Å². The van der Waals surface area contributed by atoms with Crippen LogP contribution in [0.4, 0.5) is 0 Å². The molecule has 0 saturated heterocycles. The summed E-state index contributed by atoms with van der Waals surface area (Å²) in [6, 6.07) is 0. The lowest BCUT2D eigenvalue weighted by Gasteiger charge is -2.04. The molecule has 0 fully saturated rings. The number of nitrogens with zero attached hydrogens (tertiary/aromatic N) is 1. The van der Waals surface area contributed by atoms with Crippen molar-refractivity contribution < 1.29 is 0 Å². The van der Waals surface area contributed by atoms with Gasteiger partial charge in [0.1, 0.15) is 0 Å². The van der Waals surface area contributed by atoms with E-state index in [-0.39, 0.29) is 0 Å². The molecular weight excluding hydrogens is 134 g/mol. The molecule has 1 heterocycles. The quantitative estimate of drug-likeness (QED) is 0.572. The zero-order valence-electron chi connectivity index (χ0n) is 7.52. The summed E-state index contributed by atoms with van der Waals surface area (Å²) in [5.74, 6) is 0.572. The highest BCUT2D eigenvalue weighted by Gasteiger charge is 2.12. The lowest BCUT2D eigenvalue weighted by molar-refractivity contribution is 0.870. The highest BCUT2D eigenvalue weighted by molar-refractivity contribution is 5.91. The Hall–Kier alpha value is -0.850. The van der Waals surface area contributed by atoms with Crippen molar-refractivity contribution >= 4 is 5.71 Å². The average Bonchev–Trinajstić information content (AvgIpc) is 2.33. The predicted molar refractivity (Wildman–Crippen MR) is 49.8 cm³/mol. The summed E-state index contributed by atoms with van der Waals surface area (Å²) >= 11 is 0. The zero-order valence-corrected chi connectivity index (χ0v) is 7.52. The number of rotatable bonds is 2. The fourth-order valence-electron chi connectivity index (χ4n) is 1.06. The molecule has 0 bridgehead atoms. The number of aliphatic imine (C=N–C) groups is 1. The summed E-state index contributed by atoms with van der Waals surface area (Å²) in [6.07, 6.45) is 2.95. The molecule has 0 aromatic rings. The summed E-state index contributed by atoms with van der Waals surface area (Å²) in [6.45, 7) is 10.3. The Morgan fingerprint density at radius 1 is 1.64 bits per heavy atom. The topological polar surface area (TPSA) is 12.4 Å². The molecule has 0 amide bonds. The first kappa shape index (κ1) is 8.25. The van der Waals surface area contributed by atoms with Crippen LogP contribution in [0.2, 0.25) is 0 Å². The molecule has 60 valence electrons. The third kappa shape index (κ3) is 1.79. The number of allylic oxidation sites excluding steroid dienone is 2. The molecule has 0 aromatic heterocycles. The van der Waals surface area contributed by atoms with Gasteiger partial charge < -0.3 is 0 Å². The van der Waals surface area contributed by atoms with Crippen molar-refractivity contribution in [2.45, 2.75) is 27.2 Å². The Morgan fingerprint density at radius 2 is 2.27 bits per heavy atom. The fraction of sp³-hybridized carbons (Fsp3) is 0.500. The van der Waals surface area contributed by atoms with Crippen molar-refractivity contribution in [2.24, 2.45) is 10.9 Å². The van der Waals surface area contributed by atoms with Gasteiger partial charge in [0, 0.05) is 18.3 Å². The minimum absolute atomic E-state index is 0.572. The molecular formula is C10H15N. The van der Waals surface area contributed by atoms with E-state index in [0.717, 1.165) is 12.0 Å². The molecule has 0 aromatic carbocycles. The molecule has 11 heavy (non-hydrogen) atoms. The third-order valence-electron chi connectivity index (χ3n) is 1.97. The predicted octanol–water partition coefficient (Wildman–Crippen LogP) is 2.95. The first-order valence-corrected chi connectivity index (χ1v) is 4.02. The maximum absolute atomic E-state index is 4.33. The second-order valence-corrected chi connectivity index (χ2v) is 3.39. The van der Waals surface area contributed by atoms with Crippen molar-refractivity contribution in [1.82, 2.24) is 0 Å². The van der Waals surface area contributed by atoms with Crippen LogP contribution in [0.25, 0.3) is 0 Å². The molecule has 0 radical (unpaired) electrons. The second kappa shape index (κ2) is 3.04. The number of hydrogen-bond donors (Lipinski definition) is 0. The third-order valence-corrected chi connectivity index (χ3v) is 1.97. The molecule has 1 nitrogen and oxygen atoms in total. The van der Waals surface area contributed by atoms with Crippen LogP contribution in [0.15, 0.2) is 28.9 Å². The van der Waals surface area contributed by atoms with E-state index in [1.165, 1.54) is 11.3 Å². The molecule has 1 rings (SSSR count). The average molecular weight is 149 g/mol. The van der Waals surface area contributed by atoms with E-state index >= 15 is 0 Å². The second-order valence-electron chi connectivity index (χ2n) is 3.39. The molecule has 0 spiro atoms. The van der Waals surface area contributed by atoms with Crippen molar-refractivity contribution in [3.05, 3.63) is 23.9 Å². The minimum atomic E-state index is 0.572. The maximum atomic E-state index is 4.33. The van der Waals surface area contributed by atoms with Crippen LogP contribution in [-0.4, -0.2) is 5.71 Å². The van der Waals surface area contributed by atoms with E-state index in [1.54, 1.807) is 0 Å². The standard InChI is InChI=1S/C10H15N/c1-7(2)9-5-10(8(3)4)11-6-9/h6,8H,1,5H2,2-4H3. The van der Waals surface area contributed by atoms with Crippen LogP contribution in [0.1, 0.15) is 27.2 Å². The highest BCUT2D eigenvalue weighted by Crippen LogP contribution is 2.21. The SMILES string of the molecule is C=C(C)C1=CN=C(C(C)C)C1. The Kier molecular flexibility index (Phi) is 2.28. The van der Waals surface area contributed by atoms with Gasteiger partial charge in [-0.2, -0.15) is 0 Å². The Morgan fingerprint density at radius 3 is 2.55 bits per heavy atom. The van der Waals surface area contributed by atoms with E-state index < -0.39 is 0 Å². The summed E-state index contributed by atoms with van der Waals surface area (Å²) in [5.41, 5.74) is 3.71. The Bertz CT molecular complexity index is 231. The van der Waals surface area contributed by atoms with Gasteiger partial charge in [0.05, 0.1) is 0 Å². The van der Waals surface area contributed by atoms with Crippen LogP contribution < -0.4 is 0 Å². The van der Waals surface area contributed by atoms with E-state index in [4.69, 9.17) is 0 Å². The van der Waals surface area contributed by atoms with Crippen molar-refractivity contribution in [2.75, 3.05) is 0 Å². The lowest BCUT2D eigenvalue weighted by atomic mass is 10.00. The van der Waals surface area contributed by atoms with Crippen LogP contribution in [-0.2, 0) is 0 Å². The van der Waals surface area contributed by atoms with Crippen LogP contribution >= 0.6 is 0 Å². The molecule has 0 atom stereocenters. The van der Waals surface area contributed by atoms with Gasteiger partial charge in [-0.15, -0.1) is 0 Å². The van der Waals surface area contributed by atoms with Gasteiger partial charge in [0.25, 0.3) is 0 Å². The van der Waals surface area contributed by atoms with Gasteiger partial charge in [-0.3, -0.25) is 4.99 Å². The van der Waals surface area contributed by atoms with E-state index in [1.807, 2.05) is 13.1 Å². The summed E-state index contributed by atoms with van der Waals surface area (Å²) in [5, 5.41) is 0. The molecule has 1 aliphatic rings. The van der Waals surface area contributed by atoms with Crippen LogP contribution in [0, 0.1) is 5.92 Å². The zero-order chi connectivity index (χ0) is 8.43. The van der Waals surface area contributed by atoms with Gasteiger partial charge in [0.2, 0.25) is 0 Å². The fourth-order valence-corrected chi connectivity index (χ4v) is 1.06. The molecule has 0 unspecified atom stereocenters. The monoisotopic (exact) mass is 149 g/mol. The first-order chi connectivity index (χ1) is 5.11. The van der Waals surface area contributed by atoms with Gasteiger partial charge in [0.15, 0.2) is 0 Å². The van der Waals surface area contributed by atoms with E-state index in [0.29, 0.717) is 5.92 Å². The van der Waals surface area contributed by atoms with Gasteiger partial charge >= 0.3 is 0 Å². The molecule has 1 heteroatoms. The Labute approximate surface area is 68.5 Å². The van der Waals surface area contributed by atoms with Crippen molar-refractivity contribution in [3.63, 3.8) is 0 Å². The van der Waals surface area contributed by atoms with E-state index in [2.05, 4.69) is 25.4 Å². The summed E-state index contributed by atoms with van der Waals surface area (Å²) in [7, 11) is 0. The smallest absolute Gasteiger partial charge is 0.0305 e. The lowest BCUT2D eigenvalue weighted by Crippen LogP contribution is -2.04. The Balaban J connectivity index is 2.59. The maximum Gasteiger partial charge on any atom is 0.0305 e. The van der Waals surface area contributed by atoms with Gasteiger partial charge in [-0.05, 0) is 18.4 Å². The molecule has 0 aliphatic carbocycles. The first-order valence-electron chi connectivity index (χ1n) is 4.02. The summed E-state index contributed by atoms with van der Waals surface area (Å²) < 4.78 is 0. The highest BCUT2D eigenvalue weighted by atomic mass is 14.7. The normalized spacial score (nSPS) is 16.7. The molecule has 0 saturated carbocycles. The van der Waals surface area contributed by atoms with Gasteiger partial charge in [-0.25, -0.2) is 0 Å². The van der Waals surface area contributed by atoms with Crippen LogP contribution in [0.5, 0.6) is 0 Å². The van der Waals surface area contributed by atoms with Crippen molar-refractivity contribution in [3.8, 4) is 0 Å².